The Balaban J connectivity index is 1.32. The van der Waals surface area contributed by atoms with Gasteiger partial charge in [-0.15, -0.1) is 0 Å². The Bertz CT molecular complexity index is 1470. The fraction of sp³-hybridized carbons (Fsp3) is 0.281. The zero-order valence-corrected chi connectivity index (χ0v) is 22.9. The van der Waals surface area contributed by atoms with E-state index >= 15 is 0 Å². The van der Waals surface area contributed by atoms with Crippen LogP contribution in [-0.4, -0.2) is 78.5 Å². The molecule has 3 aliphatic rings. The molecule has 210 valence electrons. The van der Waals surface area contributed by atoms with Crippen LogP contribution in [0.15, 0.2) is 96.2 Å². The van der Waals surface area contributed by atoms with Gasteiger partial charge in [0.15, 0.2) is 0 Å². The summed E-state index contributed by atoms with van der Waals surface area (Å²) in [5.41, 5.74) is 2.76. The normalized spacial score (nSPS) is 19.6. The number of carbonyl (C=O) groups excluding carboxylic acids is 3. The third-order valence-electron chi connectivity index (χ3n) is 7.81. The van der Waals surface area contributed by atoms with Gasteiger partial charge < -0.3 is 24.6 Å². The van der Waals surface area contributed by atoms with Gasteiger partial charge in [-0.1, -0.05) is 60.7 Å². The van der Waals surface area contributed by atoms with E-state index < -0.39 is 12.1 Å². The number of likely N-dealkylation sites (N-methyl/N-ethyl adjacent to an activating group) is 1. The summed E-state index contributed by atoms with van der Waals surface area (Å²) in [5.74, 6) is 0.914. The lowest BCUT2D eigenvalue weighted by molar-refractivity contribution is -0.145. The van der Waals surface area contributed by atoms with Crippen LogP contribution in [0.1, 0.15) is 17.2 Å². The second-order valence-corrected chi connectivity index (χ2v) is 10.4. The molecule has 4 amide bonds. The molecule has 6 rings (SSSR count). The molecule has 0 radical (unpaired) electrons. The summed E-state index contributed by atoms with van der Waals surface area (Å²) in [6, 6.07) is 24.8. The van der Waals surface area contributed by atoms with Crippen molar-refractivity contribution < 1.29 is 23.9 Å². The number of hydrogen-bond acceptors (Lipinski definition) is 5. The maximum absolute atomic E-state index is 14.2. The number of para-hydroxylation sites is 1. The molecular formula is C32H32N4O5. The molecule has 9 nitrogen and oxygen atoms in total. The fourth-order valence-electron chi connectivity index (χ4n) is 5.63. The first-order chi connectivity index (χ1) is 20.0. The second kappa shape index (κ2) is 11.5. The Labute approximate surface area is 238 Å². The quantitative estimate of drug-likeness (QED) is 0.482. The maximum Gasteiger partial charge on any atom is 0.322 e. The first kappa shape index (κ1) is 26.6. The van der Waals surface area contributed by atoms with E-state index in [4.69, 9.17) is 9.47 Å². The van der Waals surface area contributed by atoms with Crippen LogP contribution in [0.25, 0.3) is 0 Å². The van der Waals surface area contributed by atoms with E-state index in [-0.39, 0.29) is 24.4 Å². The standard InChI is InChI=1S/C32H32N4O5/c1-34-27-21-36(26(19-22-9-4-2-5-10-22)30(37)35-15-17-40-18-16-35)31(38)28(27)29(33-32(34)39)23-11-8-14-25(20-23)41-24-12-6-3-7-13-24/h2-14,20,26,29H,15-19,21H2,1H3,(H,33,39)/t26-,29-/m1/s1. The molecule has 1 saturated heterocycles. The first-order valence-electron chi connectivity index (χ1n) is 13.8. The molecule has 0 aromatic heterocycles. The highest BCUT2D eigenvalue weighted by molar-refractivity contribution is 6.03. The van der Waals surface area contributed by atoms with Crippen LogP contribution in [0.5, 0.6) is 11.5 Å². The van der Waals surface area contributed by atoms with E-state index in [1.165, 1.54) is 4.90 Å². The zero-order chi connectivity index (χ0) is 28.3. The van der Waals surface area contributed by atoms with Crippen molar-refractivity contribution in [1.82, 2.24) is 20.0 Å². The van der Waals surface area contributed by atoms with Crippen molar-refractivity contribution in [3.63, 3.8) is 0 Å². The van der Waals surface area contributed by atoms with Crippen molar-refractivity contribution in [2.75, 3.05) is 39.9 Å². The van der Waals surface area contributed by atoms with Crippen molar-refractivity contribution in [2.24, 2.45) is 0 Å². The van der Waals surface area contributed by atoms with Crippen LogP contribution in [0.3, 0.4) is 0 Å². The topological polar surface area (TPSA) is 91.4 Å². The van der Waals surface area contributed by atoms with Gasteiger partial charge in [0.2, 0.25) is 5.91 Å². The van der Waals surface area contributed by atoms with E-state index in [2.05, 4.69) is 5.32 Å². The Kier molecular flexibility index (Phi) is 7.43. The molecule has 3 heterocycles. The van der Waals surface area contributed by atoms with Gasteiger partial charge in [0, 0.05) is 26.6 Å². The van der Waals surface area contributed by atoms with Crippen LogP contribution in [0, 0.1) is 0 Å². The van der Waals surface area contributed by atoms with Crippen molar-refractivity contribution in [2.45, 2.75) is 18.5 Å². The number of rotatable bonds is 7. The van der Waals surface area contributed by atoms with Gasteiger partial charge in [-0.3, -0.25) is 14.5 Å². The third kappa shape index (κ3) is 5.40. The smallest absolute Gasteiger partial charge is 0.322 e. The highest BCUT2D eigenvalue weighted by Gasteiger charge is 2.47. The molecule has 41 heavy (non-hydrogen) atoms. The third-order valence-corrected chi connectivity index (χ3v) is 7.81. The minimum Gasteiger partial charge on any atom is -0.457 e. The van der Waals surface area contributed by atoms with Crippen molar-refractivity contribution in [3.8, 4) is 11.5 Å². The fourth-order valence-corrected chi connectivity index (χ4v) is 5.63. The molecule has 2 atom stereocenters. The lowest BCUT2D eigenvalue weighted by atomic mass is 9.95. The predicted molar refractivity (Wildman–Crippen MR) is 152 cm³/mol. The van der Waals surface area contributed by atoms with Gasteiger partial charge in [-0.2, -0.15) is 0 Å². The van der Waals surface area contributed by atoms with E-state index in [1.807, 2.05) is 84.9 Å². The number of nitrogens with one attached hydrogen (secondary N) is 1. The molecule has 3 aromatic rings. The van der Waals surface area contributed by atoms with Crippen LogP contribution < -0.4 is 10.1 Å². The average molecular weight is 553 g/mol. The summed E-state index contributed by atoms with van der Waals surface area (Å²) in [5, 5.41) is 2.99. The van der Waals surface area contributed by atoms with Crippen LogP contribution in [-0.2, 0) is 20.7 Å². The van der Waals surface area contributed by atoms with E-state index in [1.54, 1.807) is 16.8 Å². The van der Waals surface area contributed by atoms with Gasteiger partial charge in [-0.05, 0) is 35.4 Å². The summed E-state index contributed by atoms with van der Waals surface area (Å²) in [6.07, 6.45) is 0.374. The van der Waals surface area contributed by atoms with Gasteiger partial charge in [-0.25, -0.2) is 4.79 Å². The number of benzene rings is 3. The second-order valence-electron chi connectivity index (χ2n) is 10.4. The number of nitrogens with zero attached hydrogens (tertiary/aromatic N) is 3. The Morgan fingerprint density at radius 3 is 2.37 bits per heavy atom. The minimum absolute atomic E-state index is 0.109. The van der Waals surface area contributed by atoms with Crippen molar-refractivity contribution >= 4 is 17.8 Å². The molecule has 3 aliphatic heterocycles. The Hall–Kier alpha value is -4.63. The molecule has 1 N–H and O–H groups in total. The molecular weight excluding hydrogens is 520 g/mol. The van der Waals surface area contributed by atoms with Crippen LogP contribution >= 0.6 is 0 Å². The largest absolute Gasteiger partial charge is 0.457 e. The number of morpholine rings is 1. The Morgan fingerprint density at radius 2 is 1.63 bits per heavy atom. The highest BCUT2D eigenvalue weighted by Crippen LogP contribution is 2.38. The highest BCUT2D eigenvalue weighted by atomic mass is 16.5. The molecule has 9 heteroatoms. The van der Waals surface area contributed by atoms with E-state index in [0.29, 0.717) is 55.5 Å². The zero-order valence-electron chi connectivity index (χ0n) is 22.9. The van der Waals surface area contributed by atoms with Crippen molar-refractivity contribution in [1.29, 1.82) is 0 Å². The number of carbonyl (C=O) groups is 3. The van der Waals surface area contributed by atoms with Gasteiger partial charge >= 0.3 is 6.03 Å². The lowest BCUT2D eigenvalue weighted by Gasteiger charge is -2.34. The summed E-state index contributed by atoms with van der Waals surface area (Å²) in [7, 11) is 1.66. The maximum atomic E-state index is 14.2. The molecule has 1 fully saturated rings. The summed E-state index contributed by atoms with van der Waals surface area (Å²) < 4.78 is 11.5. The van der Waals surface area contributed by atoms with Crippen LogP contribution in [0.4, 0.5) is 4.79 Å². The summed E-state index contributed by atoms with van der Waals surface area (Å²) >= 11 is 0. The summed E-state index contributed by atoms with van der Waals surface area (Å²) in [4.78, 5) is 46.1. The van der Waals surface area contributed by atoms with Crippen molar-refractivity contribution in [3.05, 3.63) is 107 Å². The van der Waals surface area contributed by atoms with Gasteiger partial charge in [0.25, 0.3) is 5.91 Å². The Morgan fingerprint density at radius 1 is 0.951 bits per heavy atom. The molecule has 0 bridgehead atoms. The van der Waals surface area contributed by atoms with Gasteiger partial charge in [0.1, 0.15) is 17.5 Å². The SMILES string of the molecule is CN1C(=O)N[C@H](c2cccc(Oc3ccccc3)c2)C2=C1CN([C@H](Cc1ccccc1)C(=O)N1CCOCC1)C2=O. The number of amides is 4. The molecule has 3 aromatic carbocycles. The number of urea groups is 1. The molecule has 0 spiro atoms. The minimum atomic E-state index is -0.717. The number of ether oxygens (including phenoxy) is 2. The average Bonchev–Trinajstić information content (AvgIpc) is 3.36. The molecule has 0 saturated carbocycles. The molecule has 0 unspecified atom stereocenters. The number of hydrogen-bond donors (Lipinski definition) is 1. The summed E-state index contributed by atoms with van der Waals surface area (Å²) in [6.45, 7) is 2.07. The molecule has 0 aliphatic carbocycles. The van der Waals surface area contributed by atoms with E-state index in [9.17, 15) is 14.4 Å². The van der Waals surface area contributed by atoms with Crippen LogP contribution in [0.2, 0.25) is 0 Å². The lowest BCUT2D eigenvalue weighted by Crippen LogP contribution is -2.53. The predicted octanol–water partition coefficient (Wildman–Crippen LogP) is 3.74. The monoisotopic (exact) mass is 552 g/mol. The van der Waals surface area contributed by atoms with Gasteiger partial charge in [0.05, 0.1) is 37.1 Å². The van der Waals surface area contributed by atoms with E-state index in [0.717, 1.165) is 11.1 Å². The first-order valence-corrected chi connectivity index (χ1v) is 13.8.